The molecule has 0 radical (unpaired) electrons. The van der Waals surface area contributed by atoms with Crippen LogP contribution in [0.25, 0.3) is 31.8 Å². The van der Waals surface area contributed by atoms with Crippen LogP contribution in [0.15, 0.2) is 42.7 Å². The smallest absolute Gasteiger partial charge is 0.411 e. The molecule has 12 heteroatoms. The van der Waals surface area contributed by atoms with Crippen molar-refractivity contribution < 1.29 is 28.5 Å². The van der Waals surface area contributed by atoms with Crippen LogP contribution in [0, 0.1) is 12.7 Å². The molecule has 4 heterocycles. The number of halogens is 1. The molecular weight excluding hydrogens is 525 g/mol. The lowest BCUT2D eigenvalue weighted by Crippen LogP contribution is -2.38. The van der Waals surface area contributed by atoms with Gasteiger partial charge >= 0.3 is 6.09 Å². The Morgan fingerprint density at radius 3 is 2.74 bits per heavy atom. The molecular formula is C27H22FN5O5S. The Labute approximate surface area is 225 Å². The van der Waals surface area contributed by atoms with Crippen molar-refractivity contribution in [3.63, 3.8) is 0 Å². The van der Waals surface area contributed by atoms with Gasteiger partial charge in [0, 0.05) is 35.9 Å². The van der Waals surface area contributed by atoms with Gasteiger partial charge in [-0.15, -0.1) is 11.3 Å². The third-order valence-corrected chi connectivity index (χ3v) is 7.63. The molecule has 0 aliphatic carbocycles. The molecule has 0 spiro atoms. The van der Waals surface area contributed by atoms with Crippen molar-refractivity contribution in [2.75, 3.05) is 25.7 Å². The number of hydrogen-bond acceptors (Lipinski definition) is 9. The maximum absolute atomic E-state index is 15.2. The van der Waals surface area contributed by atoms with E-state index in [2.05, 4.69) is 15.0 Å². The number of aryl methyl sites for hydroxylation is 1. The van der Waals surface area contributed by atoms with Crippen LogP contribution >= 0.6 is 11.3 Å². The Kier molecular flexibility index (Phi) is 6.10. The van der Waals surface area contributed by atoms with Gasteiger partial charge < -0.3 is 19.3 Å². The molecule has 3 aromatic heterocycles. The highest BCUT2D eigenvalue weighted by molar-refractivity contribution is 7.22. The zero-order valence-corrected chi connectivity index (χ0v) is 22.0. The van der Waals surface area contributed by atoms with Crippen LogP contribution < -0.4 is 19.1 Å². The van der Waals surface area contributed by atoms with Gasteiger partial charge in [0.1, 0.15) is 11.1 Å². The second-order valence-corrected chi connectivity index (χ2v) is 10.0. The second-order valence-electron chi connectivity index (χ2n) is 9.02. The van der Waals surface area contributed by atoms with E-state index in [-0.39, 0.29) is 18.2 Å². The molecule has 6 rings (SSSR count). The van der Waals surface area contributed by atoms with E-state index in [1.54, 1.807) is 12.3 Å². The van der Waals surface area contributed by atoms with Crippen molar-refractivity contribution in [1.29, 1.82) is 0 Å². The van der Waals surface area contributed by atoms with Crippen LogP contribution in [0.3, 0.4) is 0 Å². The molecule has 1 N–H and O–H groups in total. The summed E-state index contributed by atoms with van der Waals surface area (Å²) in [5, 5.41) is 10.5. The summed E-state index contributed by atoms with van der Waals surface area (Å²) in [6.45, 7) is 1.95. The van der Waals surface area contributed by atoms with Crippen LogP contribution in [0.4, 0.5) is 14.9 Å². The number of rotatable bonds is 6. The van der Waals surface area contributed by atoms with Gasteiger partial charge in [-0.25, -0.2) is 29.1 Å². The monoisotopic (exact) mass is 547 g/mol. The molecule has 2 aromatic carbocycles. The summed E-state index contributed by atoms with van der Waals surface area (Å²) in [6.07, 6.45) is 1.57. The Bertz CT molecular complexity index is 1760. The van der Waals surface area contributed by atoms with Crippen LogP contribution in [0.2, 0.25) is 0 Å². The quantitative estimate of drug-likeness (QED) is 0.304. The lowest BCUT2D eigenvalue weighted by Gasteiger charge is -2.22. The maximum Gasteiger partial charge on any atom is 0.411 e. The number of thiazole rings is 1. The first-order valence-electron chi connectivity index (χ1n) is 12.0. The van der Waals surface area contributed by atoms with Crippen molar-refractivity contribution >= 4 is 44.4 Å². The Balaban J connectivity index is 1.36. The van der Waals surface area contributed by atoms with Crippen molar-refractivity contribution in [1.82, 2.24) is 19.9 Å². The third-order valence-electron chi connectivity index (χ3n) is 6.46. The molecule has 198 valence electrons. The topological polar surface area (TPSA) is 120 Å². The molecule has 5 aromatic rings. The largest absolute Gasteiger partial charge is 0.485 e. The average Bonchev–Trinajstić information content (AvgIpc) is 3.55. The third kappa shape index (κ3) is 4.42. The summed E-state index contributed by atoms with van der Waals surface area (Å²) in [6, 6.07) is 8.34. The minimum Gasteiger partial charge on any atom is -0.485 e. The van der Waals surface area contributed by atoms with Gasteiger partial charge in [0.05, 0.1) is 53.9 Å². The Morgan fingerprint density at radius 1 is 1.15 bits per heavy atom. The molecule has 1 amide bonds. The summed E-state index contributed by atoms with van der Waals surface area (Å²) in [7, 11) is 2.99. The average molecular weight is 548 g/mol. The zero-order chi connectivity index (χ0) is 27.3. The molecule has 0 fully saturated rings. The standard InChI is InChI=1S/C27H22FN5O5S/c1-13-6-16(23-19(7-13)31-22(37-3)11-30-23)26-32-20-10-18(28)24-17(25(20)39-26)9-15(38-24)12-33(27(34)35)14-4-5-29-21(8-14)36-2/h4-8,10-11,15H,9,12H2,1-3H3,(H,34,35). The number of aromatic nitrogens is 4. The summed E-state index contributed by atoms with van der Waals surface area (Å²) >= 11 is 1.41. The first-order chi connectivity index (χ1) is 18.8. The molecule has 10 nitrogen and oxygen atoms in total. The van der Waals surface area contributed by atoms with Crippen LogP contribution in [0.5, 0.6) is 17.5 Å². The van der Waals surface area contributed by atoms with Crippen molar-refractivity contribution in [3.8, 4) is 28.1 Å². The van der Waals surface area contributed by atoms with Crippen LogP contribution in [0.1, 0.15) is 11.1 Å². The highest BCUT2D eigenvalue weighted by Crippen LogP contribution is 2.43. The predicted molar refractivity (Wildman–Crippen MR) is 144 cm³/mol. The molecule has 0 bridgehead atoms. The van der Waals surface area contributed by atoms with Crippen LogP contribution in [-0.2, 0) is 6.42 Å². The second kappa shape index (κ2) is 9.62. The number of nitrogens with zero attached hydrogens (tertiary/aromatic N) is 5. The lowest BCUT2D eigenvalue weighted by molar-refractivity contribution is 0.190. The SMILES string of the molecule is COc1cc(N(CC2Cc3c(c(F)cc4nc(-c5cc(C)cc6nc(OC)cnc56)sc34)O2)C(=O)O)ccn1. The number of amides is 1. The number of fused-ring (bicyclic) bond motifs is 4. The Hall–Kier alpha value is -4.58. The van der Waals surface area contributed by atoms with Gasteiger partial charge in [0.25, 0.3) is 0 Å². The highest BCUT2D eigenvalue weighted by atomic mass is 32.1. The normalized spacial score (nSPS) is 14.3. The lowest BCUT2D eigenvalue weighted by atomic mass is 10.1. The molecule has 0 saturated heterocycles. The number of methoxy groups -OCH3 is 2. The summed E-state index contributed by atoms with van der Waals surface area (Å²) in [4.78, 5) is 31.0. The highest BCUT2D eigenvalue weighted by Gasteiger charge is 2.33. The van der Waals surface area contributed by atoms with Gasteiger partial charge in [-0.05, 0) is 30.7 Å². The fraction of sp³-hybridized carbons (Fsp3) is 0.222. The maximum atomic E-state index is 15.2. The minimum absolute atomic E-state index is 0.0102. The van der Waals surface area contributed by atoms with Gasteiger partial charge in [0.15, 0.2) is 11.6 Å². The van der Waals surface area contributed by atoms with E-state index in [4.69, 9.17) is 19.2 Å². The van der Waals surface area contributed by atoms with Gasteiger partial charge in [-0.3, -0.25) is 4.90 Å². The summed E-state index contributed by atoms with van der Waals surface area (Å²) in [5.74, 6) is 0.278. The molecule has 1 unspecified atom stereocenters. The van der Waals surface area contributed by atoms with E-state index in [1.807, 2.05) is 19.1 Å². The summed E-state index contributed by atoms with van der Waals surface area (Å²) < 4.78 is 32.2. The van der Waals surface area contributed by atoms with E-state index in [9.17, 15) is 9.90 Å². The molecule has 39 heavy (non-hydrogen) atoms. The van der Waals surface area contributed by atoms with Crippen molar-refractivity contribution in [2.45, 2.75) is 19.4 Å². The van der Waals surface area contributed by atoms with E-state index < -0.39 is 18.0 Å². The number of benzene rings is 2. The number of hydrogen-bond donors (Lipinski definition) is 1. The number of ether oxygens (including phenoxy) is 3. The summed E-state index contributed by atoms with van der Waals surface area (Å²) in [5.41, 5.74) is 4.64. The number of carboxylic acid groups (broad SMARTS) is 1. The van der Waals surface area contributed by atoms with Crippen molar-refractivity contribution in [3.05, 3.63) is 59.7 Å². The van der Waals surface area contributed by atoms with E-state index in [1.165, 1.54) is 43.9 Å². The van der Waals surface area contributed by atoms with Crippen LogP contribution in [-0.4, -0.2) is 58.0 Å². The fourth-order valence-electron chi connectivity index (χ4n) is 4.73. The predicted octanol–water partition coefficient (Wildman–Crippen LogP) is 5.25. The molecule has 1 aliphatic heterocycles. The number of anilines is 1. The van der Waals surface area contributed by atoms with E-state index in [0.29, 0.717) is 45.1 Å². The van der Waals surface area contributed by atoms with Gasteiger partial charge in [-0.2, -0.15) is 0 Å². The Morgan fingerprint density at radius 2 is 1.97 bits per heavy atom. The molecule has 1 atom stereocenters. The minimum atomic E-state index is -1.17. The van der Waals surface area contributed by atoms with Gasteiger partial charge in [0.2, 0.25) is 11.8 Å². The van der Waals surface area contributed by atoms with E-state index >= 15 is 4.39 Å². The first-order valence-corrected chi connectivity index (χ1v) is 12.8. The zero-order valence-electron chi connectivity index (χ0n) is 21.1. The van der Waals surface area contributed by atoms with Crippen molar-refractivity contribution in [2.24, 2.45) is 0 Å². The fourth-order valence-corrected chi connectivity index (χ4v) is 5.84. The molecule has 0 saturated carbocycles. The number of pyridine rings is 1. The van der Waals surface area contributed by atoms with Gasteiger partial charge in [-0.1, -0.05) is 0 Å². The molecule has 1 aliphatic rings. The number of carbonyl (C=O) groups is 1. The first kappa shape index (κ1) is 24.7. The van der Waals surface area contributed by atoms with E-state index in [0.717, 1.165) is 20.7 Å².